The number of sulfonamides is 1. The van der Waals surface area contributed by atoms with Crippen molar-refractivity contribution in [2.24, 2.45) is 11.7 Å². The molecule has 3 heterocycles. The van der Waals surface area contributed by atoms with Crippen molar-refractivity contribution in [1.29, 1.82) is 0 Å². The Kier molecular flexibility index (Phi) is 9.48. The summed E-state index contributed by atoms with van der Waals surface area (Å²) in [5.41, 5.74) is 7.61. The standard InChI is InChI=1S/C29H37ClF3N5O3S/c30-20-5-3-18(4-6-20)26(19-9-11-29(32,33)12-10-19)27(34)28(39)37-25-16-35-15-24(31)23(25)8-7-22-14-36-21-2-1-13-42(40,41)38(22)17-21/h3-6,15-16,19,21-22,26-27,36H,1-2,7-14,17,34H2,(H,37,39)/t21-,22+,26+,27+/m1/s1. The van der Waals surface area contributed by atoms with Crippen LogP contribution in [0.3, 0.4) is 0 Å². The SMILES string of the molecule is N[C@H](C(=O)Nc1cncc(F)c1CC[C@H]1CN[C@@H]2CCCS(=O)(=O)N1C2)[C@@H](c1ccc(Cl)cc1)C1CCC(F)(F)CC1. The summed E-state index contributed by atoms with van der Waals surface area (Å²) in [5, 5.41) is 6.64. The molecule has 2 bridgehead atoms. The number of anilines is 1. The Morgan fingerprint density at radius 3 is 2.62 bits per heavy atom. The Morgan fingerprint density at radius 1 is 1.19 bits per heavy atom. The van der Waals surface area contributed by atoms with Gasteiger partial charge in [-0.2, -0.15) is 4.31 Å². The number of benzene rings is 1. The summed E-state index contributed by atoms with van der Waals surface area (Å²) in [7, 11) is -3.41. The van der Waals surface area contributed by atoms with E-state index in [1.807, 2.05) is 0 Å². The molecule has 13 heteroatoms. The summed E-state index contributed by atoms with van der Waals surface area (Å²) in [6, 6.07) is 5.50. The van der Waals surface area contributed by atoms with Gasteiger partial charge in [0.1, 0.15) is 5.82 Å². The molecule has 3 fully saturated rings. The molecule has 2 saturated heterocycles. The van der Waals surface area contributed by atoms with Crippen LogP contribution in [0.15, 0.2) is 36.7 Å². The maximum absolute atomic E-state index is 15.1. The van der Waals surface area contributed by atoms with Gasteiger partial charge in [-0.3, -0.25) is 9.78 Å². The van der Waals surface area contributed by atoms with Crippen molar-refractivity contribution >= 4 is 33.2 Å². The van der Waals surface area contributed by atoms with Crippen LogP contribution in [0, 0.1) is 11.7 Å². The lowest BCUT2D eigenvalue weighted by atomic mass is 9.72. The Morgan fingerprint density at radius 2 is 1.90 bits per heavy atom. The number of amides is 1. The van der Waals surface area contributed by atoms with Gasteiger partial charge in [-0.1, -0.05) is 23.7 Å². The quantitative estimate of drug-likeness (QED) is 0.398. The van der Waals surface area contributed by atoms with E-state index < -0.39 is 39.6 Å². The molecule has 0 spiro atoms. The lowest BCUT2D eigenvalue weighted by Crippen LogP contribution is -2.57. The van der Waals surface area contributed by atoms with Crippen LogP contribution in [-0.2, 0) is 21.2 Å². The summed E-state index contributed by atoms with van der Waals surface area (Å²) in [6.45, 7) is 0.857. The lowest BCUT2D eigenvalue weighted by molar-refractivity contribution is -0.118. The lowest BCUT2D eigenvalue weighted by Gasteiger charge is -2.37. The van der Waals surface area contributed by atoms with E-state index in [1.165, 1.54) is 6.20 Å². The second-order valence-corrected chi connectivity index (χ2v) is 14.2. The zero-order valence-corrected chi connectivity index (χ0v) is 24.8. The number of nitrogens with two attached hydrogens (primary N) is 1. The molecule has 2 aromatic rings. The molecule has 5 rings (SSSR count). The van der Waals surface area contributed by atoms with E-state index in [0.29, 0.717) is 31.0 Å². The first kappa shape index (κ1) is 31.2. The summed E-state index contributed by atoms with van der Waals surface area (Å²) >= 11 is 6.07. The molecule has 3 aliphatic rings. The fourth-order valence-electron chi connectivity index (χ4n) is 6.64. The number of aromatic nitrogens is 1. The van der Waals surface area contributed by atoms with Gasteiger partial charge in [-0.25, -0.2) is 21.6 Å². The molecular formula is C29H37ClF3N5O3S. The molecule has 1 unspecified atom stereocenters. The largest absolute Gasteiger partial charge is 0.323 e. The predicted octanol–water partition coefficient (Wildman–Crippen LogP) is 4.45. The third kappa shape index (κ3) is 7.10. The van der Waals surface area contributed by atoms with Crippen LogP contribution in [-0.4, -0.2) is 66.5 Å². The molecule has 1 aromatic carbocycles. The predicted molar refractivity (Wildman–Crippen MR) is 156 cm³/mol. The Bertz CT molecular complexity index is 1370. The normalized spacial score (nSPS) is 27.0. The minimum absolute atomic E-state index is 0.0952. The van der Waals surface area contributed by atoms with Crippen molar-refractivity contribution in [3.8, 4) is 0 Å². The van der Waals surface area contributed by atoms with E-state index in [1.54, 1.807) is 28.6 Å². The van der Waals surface area contributed by atoms with E-state index >= 15 is 4.39 Å². The number of halogens is 4. The van der Waals surface area contributed by atoms with E-state index in [2.05, 4.69) is 15.6 Å². The third-order valence-electron chi connectivity index (χ3n) is 8.97. The molecule has 42 heavy (non-hydrogen) atoms. The van der Waals surface area contributed by atoms with Gasteiger partial charge in [0.2, 0.25) is 21.9 Å². The van der Waals surface area contributed by atoms with Gasteiger partial charge in [-0.05, 0) is 62.1 Å². The van der Waals surface area contributed by atoms with Crippen molar-refractivity contribution in [3.63, 3.8) is 0 Å². The maximum Gasteiger partial charge on any atom is 0.248 e. The number of carbonyl (C=O) groups is 1. The molecule has 0 radical (unpaired) electrons. The van der Waals surface area contributed by atoms with E-state index in [4.69, 9.17) is 17.3 Å². The fourth-order valence-corrected chi connectivity index (χ4v) is 8.57. The molecule has 4 N–H and O–H groups in total. The monoisotopic (exact) mass is 627 g/mol. The van der Waals surface area contributed by atoms with E-state index in [-0.39, 0.29) is 67.1 Å². The smallest absolute Gasteiger partial charge is 0.248 e. The van der Waals surface area contributed by atoms with Crippen molar-refractivity contribution in [2.75, 3.05) is 24.2 Å². The van der Waals surface area contributed by atoms with Gasteiger partial charge < -0.3 is 16.4 Å². The maximum atomic E-state index is 15.1. The first-order valence-corrected chi connectivity index (χ1v) is 16.5. The number of carbonyl (C=O) groups excluding carboxylic acids is 1. The van der Waals surface area contributed by atoms with Gasteiger partial charge in [0, 0.05) is 54.5 Å². The average Bonchev–Trinajstić information content (AvgIpc) is 3.06. The first-order valence-electron chi connectivity index (χ1n) is 14.5. The Balaban J connectivity index is 1.33. The minimum atomic E-state index is -3.41. The second kappa shape index (κ2) is 12.8. The van der Waals surface area contributed by atoms with E-state index in [0.717, 1.165) is 18.2 Å². The molecule has 5 atom stereocenters. The van der Waals surface area contributed by atoms with Gasteiger partial charge >= 0.3 is 0 Å². The summed E-state index contributed by atoms with van der Waals surface area (Å²) in [5.74, 6) is -4.66. The second-order valence-electron chi connectivity index (χ2n) is 11.8. The van der Waals surface area contributed by atoms with Gasteiger partial charge in [0.25, 0.3) is 0 Å². The molecule has 230 valence electrons. The number of hydrogen-bond acceptors (Lipinski definition) is 6. The Labute approximate surface area is 249 Å². The van der Waals surface area contributed by atoms with Crippen LogP contribution in [0.2, 0.25) is 5.02 Å². The fraction of sp³-hybridized carbons (Fsp3) is 0.586. The van der Waals surface area contributed by atoms with Crippen LogP contribution in [0.1, 0.15) is 62.0 Å². The zero-order valence-electron chi connectivity index (χ0n) is 23.2. The van der Waals surface area contributed by atoms with Crippen LogP contribution in [0.4, 0.5) is 18.9 Å². The molecule has 1 aliphatic carbocycles. The molecular weight excluding hydrogens is 591 g/mol. The summed E-state index contributed by atoms with van der Waals surface area (Å²) < 4.78 is 70.2. The number of rotatable bonds is 8. The number of piperazine rings is 1. The van der Waals surface area contributed by atoms with Crippen LogP contribution in [0.25, 0.3) is 0 Å². The van der Waals surface area contributed by atoms with Gasteiger partial charge in [0.15, 0.2) is 0 Å². The van der Waals surface area contributed by atoms with E-state index in [9.17, 15) is 22.0 Å². The van der Waals surface area contributed by atoms with Crippen LogP contribution < -0.4 is 16.4 Å². The highest BCUT2D eigenvalue weighted by Gasteiger charge is 2.42. The number of nitrogens with zero attached hydrogens (tertiary/aromatic N) is 2. The van der Waals surface area contributed by atoms with Gasteiger partial charge in [0.05, 0.1) is 29.9 Å². The highest BCUT2D eigenvalue weighted by Crippen LogP contribution is 2.43. The van der Waals surface area contributed by atoms with Crippen molar-refractivity contribution in [2.45, 2.75) is 81.3 Å². The number of hydrogen-bond donors (Lipinski definition) is 3. The average molecular weight is 628 g/mol. The molecule has 2 aliphatic heterocycles. The topological polar surface area (TPSA) is 117 Å². The van der Waals surface area contributed by atoms with Crippen LogP contribution >= 0.6 is 11.6 Å². The molecule has 8 nitrogen and oxygen atoms in total. The summed E-state index contributed by atoms with van der Waals surface area (Å²) in [6.07, 6.45) is 4.17. The Hall–Kier alpha value is -2.25. The molecule has 1 aromatic heterocycles. The number of alkyl halides is 2. The van der Waals surface area contributed by atoms with Crippen LogP contribution in [0.5, 0.6) is 0 Å². The molecule has 1 saturated carbocycles. The number of fused-ring (bicyclic) bond motifs is 2. The molecule has 1 amide bonds. The number of nitrogens with one attached hydrogen (secondary N) is 2. The third-order valence-corrected chi connectivity index (χ3v) is 11.2. The highest BCUT2D eigenvalue weighted by molar-refractivity contribution is 7.89. The van der Waals surface area contributed by atoms with Gasteiger partial charge in [-0.15, -0.1) is 0 Å². The summed E-state index contributed by atoms with van der Waals surface area (Å²) in [4.78, 5) is 17.4. The zero-order chi connectivity index (χ0) is 30.1. The first-order chi connectivity index (χ1) is 19.9. The minimum Gasteiger partial charge on any atom is -0.323 e. The van der Waals surface area contributed by atoms with Crippen molar-refractivity contribution in [3.05, 3.63) is 58.6 Å². The van der Waals surface area contributed by atoms with Crippen molar-refractivity contribution < 1.29 is 26.4 Å². The number of pyridine rings is 1. The van der Waals surface area contributed by atoms with Crippen molar-refractivity contribution in [1.82, 2.24) is 14.6 Å². The highest BCUT2D eigenvalue weighted by atomic mass is 35.5.